The van der Waals surface area contributed by atoms with Crippen LogP contribution in [0.25, 0.3) is 0 Å². The first-order chi connectivity index (χ1) is 9.06. The topological polar surface area (TPSA) is 42.0 Å². The van der Waals surface area contributed by atoms with Crippen molar-refractivity contribution < 1.29 is 14.3 Å². The molecule has 0 unspecified atom stereocenters. The Balaban J connectivity index is 1.78. The highest BCUT2D eigenvalue weighted by Gasteiger charge is 2.49. The van der Waals surface area contributed by atoms with Crippen molar-refractivity contribution in [3.05, 3.63) is 0 Å². The molecule has 0 bridgehead atoms. The number of carbonyl (C=O) groups excluding carboxylic acids is 1. The van der Waals surface area contributed by atoms with E-state index >= 15 is 0 Å². The summed E-state index contributed by atoms with van der Waals surface area (Å²) in [4.78, 5) is 15.3. The van der Waals surface area contributed by atoms with Crippen molar-refractivity contribution in [2.75, 3.05) is 47.0 Å². The van der Waals surface area contributed by atoms with Gasteiger partial charge in [0.2, 0.25) is 0 Å². The van der Waals surface area contributed by atoms with E-state index in [0.717, 1.165) is 52.2 Å². The molecular weight excluding hydrogens is 244 g/mol. The number of rotatable bonds is 4. The Labute approximate surface area is 115 Å². The van der Waals surface area contributed by atoms with Crippen LogP contribution in [0.1, 0.15) is 26.2 Å². The van der Waals surface area contributed by atoms with Crippen LogP contribution < -0.4 is 0 Å². The van der Waals surface area contributed by atoms with E-state index in [1.165, 1.54) is 0 Å². The maximum absolute atomic E-state index is 11.8. The number of ether oxygens (including phenoxy) is 2. The second kappa shape index (κ2) is 6.09. The molecule has 19 heavy (non-hydrogen) atoms. The summed E-state index contributed by atoms with van der Waals surface area (Å²) in [7, 11) is 3.58. The average Bonchev–Trinajstić information content (AvgIpc) is 2.35. The summed E-state index contributed by atoms with van der Waals surface area (Å²) in [6, 6.07) is 0.0886. The SMILES string of the molecule is CCOCC[C@H]1CCOC2(C1)CN(C(=O)N(C)C)C2. The molecule has 2 heterocycles. The molecule has 2 fully saturated rings. The van der Waals surface area contributed by atoms with Gasteiger partial charge in [0, 0.05) is 33.9 Å². The summed E-state index contributed by atoms with van der Waals surface area (Å²) in [6.45, 7) is 5.98. The molecule has 2 aliphatic heterocycles. The standard InChI is InChI=1S/C14H26N2O3/c1-4-18-7-5-12-6-8-19-14(9-12)10-16(11-14)13(17)15(2)3/h12H,4-11H2,1-3H3/t12-/m0/s1. The summed E-state index contributed by atoms with van der Waals surface area (Å²) in [5.74, 6) is 0.678. The van der Waals surface area contributed by atoms with Gasteiger partial charge in [-0.1, -0.05) is 0 Å². The Hall–Kier alpha value is -0.810. The van der Waals surface area contributed by atoms with Gasteiger partial charge in [0.25, 0.3) is 0 Å². The maximum Gasteiger partial charge on any atom is 0.319 e. The summed E-state index contributed by atoms with van der Waals surface area (Å²) < 4.78 is 11.4. The van der Waals surface area contributed by atoms with Crippen LogP contribution in [0, 0.1) is 5.92 Å². The Morgan fingerprint density at radius 3 is 2.84 bits per heavy atom. The number of hydrogen-bond donors (Lipinski definition) is 0. The molecule has 2 amide bonds. The molecule has 0 aromatic carbocycles. The normalized spacial score (nSPS) is 25.2. The Bertz CT molecular complexity index is 314. The molecule has 0 aromatic rings. The minimum Gasteiger partial charge on any atom is -0.382 e. The third kappa shape index (κ3) is 3.39. The fourth-order valence-electron chi connectivity index (χ4n) is 3.06. The van der Waals surface area contributed by atoms with Gasteiger partial charge in [0.1, 0.15) is 5.60 Å². The summed E-state index contributed by atoms with van der Waals surface area (Å²) in [5.41, 5.74) is -0.0686. The lowest BCUT2D eigenvalue weighted by molar-refractivity contribution is -0.167. The van der Waals surface area contributed by atoms with E-state index in [1.807, 2.05) is 11.8 Å². The lowest BCUT2D eigenvalue weighted by Crippen LogP contribution is -2.67. The van der Waals surface area contributed by atoms with E-state index in [2.05, 4.69) is 0 Å². The van der Waals surface area contributed by atoms with Crippen LogP contribution in [0.2, 0.25) is 0 Å². The first kappa shape index (κ1) is 14.6. The van der Waals surface area contributed by atoms with Crippen LogP contribution >= 0.6 is 0 Å². The van der Waals surface area contributed by atoms with Gasteiger partial charge >= 0.3 is 6.03 Å². The van der Waals surface area contributed by atoms with Gasteiger partial charge in [-0.3, -0.25) is 0 Å². The van der Waals surface area contributed by atoms with Crippen LogP contribution in [-0.4, -0.2) is 68.4 Å². The van der Waals surface area contributed by atoms with Gasteiger partial charge in [0.15, 0.2) is 0 Å². The number of hydrogen-bond acceptors (Lipinski definition) is 3. The average molecular weight is 270 g/mol. The lowest BCUT2D eigenvalue weighted by atomic mass is 9.79. The molecule has 5 nitrogen and oxygen atoms in total. The Morgan fingerprint density at radius 2 is 2.21 bits per heavy atom. The third-order valence-corrected chi connectivity index (χ3v) is 4.08. The van der Waals surface area contributed by atoms with Gasteiger partial charge in [-0.15, -0.1) is 0 Å². The fraction of sp³-hybridized carbons (Fsp3) is 0.929. The van der Waals surface area contributed by atoms with Gasteiger partial charge in [-0.25, -0.2) is 4.79 Å². The van der Waals surface area contributed by atoms with Crippen molar-refractivity contribution >= 4 is 6.03 Å². The molecule has 0 aromatic heterocycles. The molecule has 110 valence electrons. The van der Waals surface area contributed by atoms with Crippen molar-refractivity contribution in [2.45, 2.75) is 31.8 Å². The molecular formula is C14H26N2O3. The summed E-state index contributed by atoms with van der Waals surface area (Å²) >= 11 is 0. The molecule has 5 heteroatoms. The quantitative estimate of drug-likeness (QED) is 0.728. The number of amides is 2. The van der Waals surface area contributed by atoms with Gasteiger partial charge in [-0.05, 0) is 32.1 Å². The highest BCUT2D eigenvalue weighted by molar-refractivity contribution is 5.75. The molecule has 1 atom stereocenters. The van der Waals surface area contributed by atoms with Gasteiger partial charge in [-0.2, -0.15) is 0 Å². The maximum atomic E-state index is 11.8. The van der Waals surface area contributed by atoms with Gasteiger partial charge in [0.05, 0.1) is 13.1 Å². The van der Waals surface area contributed by atoms with Crippen LogP contribution in [0.4, 0.5) is 4.79 Å². The largest absolute Gasteiger partial charge is 0.382 e. The smallest absolute Gasteiger partial charge is 0.319 e. The third-order valence-electron chi connectivity index (χ3n) is 4.08. The second-order valence-corrected chi connectivity index (χ2v) is 5.91. The van der Waals surface area contributed by atoms with Crippen molar-refractivity contribution in [1.29, 1.82) is 0 Å². The molecule has 1 spiro atoms. The van der Waals surface area contributed by atoms with Crippen LogP contribution in [0.15, 0.2) is 0 Å². The van der Waals surface area contributed by atoms with E-state index in [1.54, 1.807) is 19.0 Å². The number of urea groups is 1. The first-order valence-electron chi connectivity index (χ1n) is 7.24. The Kier molecular flexibility index (Phi) is 4.68. The molecule has 0 radical (unpaired) electrons. The zero-order valence-electron chi connectivity index (χ0n) is 12.4. The first-order valence-corrected chi connectivity index (χ1v) is 7.24. The predicted octanol–water partition coefficient (Wildman–Crippen LogP) is 1.58. The summed E-state index contributed by atoms with van der Waals surface area (Å²) in [5, 5.41) is 0. The van der Waals surface area contributed by atoms with E-state index in [9.17, 15) is 4.79 Å². The van der Waals surface area contributed by atoms with E-state index in [4.69, 9.17) is 9.47 Å². The Morgan fingerprint density at radius 1 is 1.47 bits per heavy atom. The number of likely N-dealkylation sites (tertiary alicyclic amines) is 1. The van der Waals surface area contributed by atoms with E-state index in [-0.39, 0.29) is 11.6 Å². The highest BCUT2D eigenvalue weighted by atomic mass is 16.5. The molecule has 2 saturated heterocycles. The predicted molar refractivity (Wildman–Crippen MR) is 73.2 cm³/mol. The van der Waals surface area contributed by atoms with Crippen molar-refractivity contribution in [1.82, 2.24) is 9.80 Å². The zero-order chi connectivity index (χ0) is 13.9. The fourth-order valence-corrected chi connectivity index (χ4v) is 3.06. The minimum absolute atomic E-state index is 0.0686. The second-order valence-electron chi connectivity index (χ2n) is 5.91. The highest BCUT2D eigenvalue weighted by Crippen LogP contribution is 2.38. The van der Waals surface area contributed by atoms with E-state index < -0.39 is 0 Å². The van der Waals surface area contributed by atoms with Crippen LogP contribution in [0.3, 0.4) is 0 Å². The molecule has 0 aliphatic carbocycles. The number of carbonyl (C=O) groups is 1. The monoisotopic (exact) mass is 270 g/mol. The molecule has 0 N–H and O–H groups in total. The molecule has 2 rings (SSSR count). The number of nitrogens with zero attached hydrogens (tertiary/aromatic N) is 2. The molecule has 2 aliphatic rings. The zero-order valence-corrected chi connectivity index (χ0v) is 12.4. The van der Waals surface area contributed by atoms with Crippen LogP contribution in [0.5, 0.6) is 0 Å². The molecule has 0 saturated carbocycles. The summed E-state index contributed by atoms with van der Waals surface area (Å²) in [6.07, 6.45) is 3.30. The van der Waals surface area contributed by atoms with Crippen molar-refractivity contribution in [3.8, 4) is 0 Å². The minimum atomic E-state index is -0.0686. The van der Waals surface area contributed by atoms with E-state index in [0.29, 0.717) is 5.92 Å². The van der Waals surface area contributed by atoms with Crippen molar-refractivity contribution in [3.63, 3.8) is 0 Å². The van der Waals surface area contributed by atoms with Crippen molar-refractivity contribution in [2.24, 2.45) is 5.92 Å². The lowest BCUT2D eigenvalue weighted by Gasteiger charge is -2.53. The van der Waals surface area contributed by atoms with Gasteiger partial charge < -0.3 is 19.3 Å². The van der Waals surface area contributed by atoms with Crippen LogP contribution in [-0.2, 0) is 9.47 Å².